The van der Waals surface area contributed by atoms with E-state index >= 15 is 0 Å². The first-order valence-electron chi connectivity index (χ1n) is 8.98. The van der Waals surface area contributed by atoms with E-state index in [1.807, 2.05) is 6.92 Å². The van der Waals surface area contributed by atoms with Crippen molar-refractivity contribution in [3.8, 4) is 5.69 Å². The zero-order valence-corrected chi connectivity index (χ0v) is 17.6. The summed E-state index contributed by atoms with van der Waals surface area (Å²) >= 11 is 7.29. The Kier molecular flexibility index (Phi) is 5.57. The third-order valence-electron chi connectivity index (χ3n) is 4.58. The Morgan fingerprint density at radius 2 is 2.10 bits per heavy atom. The number of H-pyrrole nitrogens is 1. The number of aromatic nitrogens is 4. The Morgan fingerprint density at radius 3 is 2.84 bits per heavy atom. The van der Waals surface area contributed by atoms with Crippen LogP contribution >= 0.6 is 23.4 Å². The number of benzene rings is 2. The van der Waals surface area contributed by atoms with Gasteiger partial charge in [0.15, 0.2) is 16.6 Å². The zero-order valence-electron chi connectivity index (χ0n) is 16.0. The van der Waals surface area contributed by atoms with Crippen LogP contribution in [0.5, 0.6) is 0 Å². The summed E-state index contributed by atoms with van der Waals surface area (Å²) in [6.07, 6.45) is 1.39. The molecule has 0 saturated carbocycles. The minimum Gasteiger partial charge on any atom is -0.293 e. The molecule has 0 aliphatic rings. The van der Waals surface area contributed by atoms with E-state index in [4.69, 9.17) is 11.6 Å². The molecule has 2 aromatic heterocycles. The van der Waals surface area contributed by atoms with Crippen LogP contribution in [0, 0.1) is 17.0 Å². The zero-order chi connectivity index (χ0) is 22.1. The van der Waals surface area contributed by atoms with E-state index in [0.717, 1.165) is 17.3 Å². The van der Waals surface area contributed by atoms with Gasteiger partial charge in [-0.3, -0.25) is 29.4 Å². The molecule has 0 spiro atoms. The molecule has 2 heterocycles. The van der Waals surface area contributed by atoms with E-state index in [1.165, 1.54) is 35.0 Å². The van der Waals surface area contributed by atoms with Crippen molar-refractivity contribution in [2.75, 3.05) is 5.75 Å². The van der Waals surface area contributed by atoms with Crippen LogP contribution in [0.25, 0.3) is 16.7 Å². The van der Waals surface area contributed by atoms with Gasteiger partial charge >= 0.3 is 0 Å². The number of aryl methyl sites for hydroxylation is 1. The van der Waals surface area contributed by atoms with Crippen LogP contribution in [0.1, 0.15) is 15.9 Å². The molecule has 1 N–H and O–H groups in total. The fraction of sp³-hybridized carbons (Fsp3) is 0.100. The van der Waals surface area contributed by atoms with Gasteiger partial charge in [0.1, 0.15) is 5.39 Å². The molecule has 0 bridgehead atoms. The average Bonchev–Trinajstić information content (AvgIpc) is 3.23. The van der Waals surface area contributed by atoms with E-state index in [9.17, 15) is 19.7 Å². The molecule has 4 aromatic rings. The number of halogens is 1. The second-order valence-corrected chi connectivity index (χ2v) is 7.97. The molecule has 0 amide bonds. The predicted molar refractivity (Wildman–Crippen MR) is 117 cm³/mol. The number of Topliss-reactive ketones (excluding diaryl/α,β-unsaturated/α-hetero) is 1. The van der Waals surface area contributed by atoms with Gasteiger partial charge in [-0.1, -0.05) is 41.6 Å². The topological polar surface area (TPSA) is 124 Å². The van der Waals surface area contributed by atoms with Crippen LogP contribution in [0.15, 0.2) is 58.6 Å². The van der Waals surface area contributed by atoms with Gasteiger partial charge in [-0.05, 0) is 24.6 Å². The van der Waals surface area contributed by atoms with Gasteiger partial charge in [-0.15, -0.1) is 0 Å². The monoisotopic (exact) mass is 455 g/mol. The summed E-state index contributed by atoms with van der Waals surface area (Å²) in [5.41, 5.74) is 1.33. The maximum atomic E-state index is 13.1. The summed E-state index contributed by atoms with van der Waals surface area (Å²) in [4.78, 5) is 40.6. The highest BCUT2D eigenvalue weighted by molar-refractivity contribution is 7.99. The maximum absolute atomic E-state index is 13.1. The van der Waals surface area contributed by atoms with Gasteiger partial charge in [0, 0.05) is 22.7 Å². The minimum absolute atomic E-state index is 0.0765. The van der Waals surface area contributed by atoms with Crippen molar-refractivity contribution >= 4 is 45.9 Å². The van der Waals surface area contributed by atoms with Crippen LogP contribution in [-0.4, -0.2) is 36.2 Å². The Bertz CT molecular complexity index is 1400. The number of aromatic amines is 1. The molecule has 11 heteroatoms. The quantitative estimate of drug-likeness (QED) is 0.153. The highest BCUT2D eigenvalue weighted by Crippen LogP contribution is 2.25. The van der Waals surface area contributed by atoms with Crippen molar-refractivity contribution in [1.82, 2.24) is 19.7 Å². The SMILES string of the molecule is Cc1ccc(-n2c(SCC(=O)c3cccc([N+](=O)[O-])c3)nc3[nH]ncc3c2=O)cc1Cl. The van der Waals surface area contributed by atoms with Crippen LogP contribution in [0.4, 0.5) is 5.69 Å². The molecule has 0 fully saturated rings. The van der Waals surface area contributed by atoms with Crippen LogP contribution in [0.2, 0.25) is 5.02 Å². The summed E-state index contributed by atoms with van der Waals surface area (Å²) in [5.74, 6) is -0.409. The van der Waals surface area contributed by atoms with E-state index in [2.05, 4.69) is 15.2 Å². The fourth-order valence-corrected chi connectivity index (χ4v) is 4.00. The van der Waals surface area contributed by atoms with E-state index in [0.29, 0.717) is 21.7 Å². The highest BCUT2D eigenvalue weighted by atomic mass is 35.5. The number of carbonyl (C=O) groups is 1. The summed E-state index contributed by atoms with van der Waals surface area (Å²) < 4.78 is 1.37. The Labute approximate surface area is 184 Å². The summed E-state index contributed by atoms with van der Waals surface area (Å²) in [6.45, 7) is 1.85. The van der Waals surface area contributed by atoms with Gasteiger partial charge in [0.2, 0.25) is 0 Å². The number of hydrogen-bond donors (Lipinski definition) is 1. The number of ketones is 1. The van der Waals surface area contributed by atoms with E-state index in [1.54, 1.807) is 18.2 Å². The average molecular weight is 456 g/mol. The standard InChI is InChI=1S/C20H14ClN5O4S/c1-11-5-6-13(8-16(11)21)25-19(28)15-9-22-24-18(15)23-20(25)31-10-17(27)12-3-2-4-14(7-12)26(29)30/h2-9H,10H2,1H3,(H,22,24). The third kappa shape index (κ3) is 4.07. The van der Waals surface area contributed by atoms with Crippen molar-refractivity contribution in [1.29, 1.82) is 0 Å². The molecule has 9 nitrogen and oxygen atoms in total. The summed E-state index contributed by atoms with van der Waals surface area (Å²) in [6, 6.07) is 10.7. The number of carbonyl (C=O) groups excluding carboxylic acids is 1. The molecule has 31 heavy (non-hydrogen) atoms. The number of thioether (sulfide) groups is 1. The lowest BCUT2D eigenvalue weighted by Crippen LogP contribution is -2.22. The molecule has 0 radical (unpaired) electrons. The van der Waals surface area contributed by atoms with Crippen LogP contribution in [0.3, 0.4) is 0 Å². The van der Waals surface area contributed by atoms with Crippen molar-refractivity contribution in [3.05, 3.63) is 85.3 Å². The number of hydrogen-bond acceptors (Lipinski definition) is 7. The number of nitro groups is 1. The molecular weight excluding hydrogens is 442 g/mol. The number of nitrogens with one attached hydrogen (secondary N) is 1. The van der Waals surface area contributed by atoms with Crippen molar-refractivity contribution < 1.29 is 9.72 Å². The highest BCUT2D eigenvalue weighted by Gasteiger charge is 2.18. The molecule has 0 aliphatic carbocycles. The maximum Gasteiger partial charge on any atom is 0.270 e. The number of rotatable bonds is 6. The van der Waals surface area contributed by atoms with Crippen LogP contribution in [-0.2, 0) is 0 Å². The molecule has 0 aliphatic heterocycles. The first kappa shape index (κ1) is 20.8. The fourth-order valence-electron chi connectivity index (χ4n) is 2.93. The normalized spacial score (nSPS) is 11.0. The smallest absolute Gasteiger partial charge is 0.270 e. The summed E-state index contributed by atoms with van der Waals surface area (Å²) in [5, 5.41) is 18.6. The van der Waals surface area contributed by atoms with Gasteiger partial charge in [0.05, 0.1) is 22.6 Å². The minimum atomic E-state index is -0.559. The van der Waals surface area contributed by atoms with Gasteiger partial charge in [-0.2, -0.15) is 5.10 Å². The Balaban J connectivity index is 1.72. The number of fused-ring (bicyclic) bond motifs is 1. The molecular formula is C20H14ClN5O4S. The lowest BCUT2D eigenvalue weighted by Gasteiger charge is -2.12. The van der Waals surface area contributed by atoms with Gasteiger partial charge in [0.25, 0.3) is 11.2 Å². The second kappa shape index (κ2) is 8.32. The van der Waals surface area contributed by atoms with E-state index in [-0.39, 0.29) is 33.5 Å². The lowest BCUT2D eigenvalue weighted by molar-refractivity contribution is -0.384. The molecule has 0 atom stereocenters. The lowest BCUT2D eigenvalue weighted by atomic mass is 10.1. The Morgan fingerprint density at radius 1 is 1.29 bits per heavy atom. The first-order chi connectivity index (χ1) is 14.8. The van der Waals surface area contributed by atoms with Gasteiger partial charge in [-0.25, -0.2) is 4.98 Å². The Hall–Kier alpha value is -3.50. The number of non-ortho nitro benzene ring substituents is 1. The largest absolute Gasteiger partial charge is 0.293 e. The van der Waals surface area contributed by atoms with Crippen LogP contribution < -0.4 is 5.56 Å². The number of nitrogens with zero attached hydrogens (tertiary/aromatic N) is 4. The van der Waals surface area contributed by atoms with Crippen molar-refractivity contribution in [2.45, 2.75) is 12.1 Å². The van der Waals surface area contributed by atoms with Gasteiger partial charge < -0.3 is 0 Å². The second-order valence-electron chi connectivity index (χ2n) is 6.62. The summed E-state index contributed by atoms with van der Waals surface area (Å²) in [7, 11) is 0. The van der Waals surface area contributed by atoms with Crippen molar-refractivity contribution in [2.24, 2.45) is 0 Å². The molecule has 156 valence electrons. The first-order valence-corrected chi connectivity index (χ1v) is 10.3. The molecule has 0 saturated heterocycles. The molecule has 4 rings (SSSR count). The third-order valence-corrected chi connectivity index (χ3v) is 5.92. The molecule has 2 aromatic carbocycles. The number of nitro benzene ring substituents is 1. The van der Waals surface area contributed by atoms with Crippen molar-refractivity contribution in [3.63, 3.8) is 0 Å². The predicted octanol–water partition coefficient (Wildman–Crippen LogP) is 3.95. The molecule has 0 unspecified atom stereocenters. The van der Waals surface area contributed by atoms with E-state index < -0.39 is 4.92 Å².